The van der Waals surface area contributed by atoms with Crippen molar-refractivity contribution in [2.24, 2.45) is 5.73 Å². The second-order valence-corrected chi connectivity index (χ2v) is 6.50. The van der Waals surface area contributed by atoms with Gasteiger partial charge in [0, 0.05) is 12.6 Å². The maximum atomic E-state index is 12.0. The summed E-state index contributed by atoms with van der Waals surface area (Å²) in [4.78, 5) is 19.6. The molecule has 10 heteroatoms. The van der Waals surface area contributed by atoms with Crippen molar-refractivity contribution in [1.82, 2.24) is 20.6 Å². The summed E-state index contributed by atoms with van der Waals surface area (Å²) in [5.41, 5.74) is 16.9. The third-order valence-corrected chi connectivity index (χ3v) is 4.10. The molecule has 9 N–H and O–H groups in total. The van der Waals surface area contributed by atoms with Gasteiger partial charge in [-0.25, -0.2) is 9.97 Å². The van der Waals surface area contributed by atoms with E-state index >= 15 is 0 Å². The lowest BCUT2D eigenvalue weighted by Crippen LogP contribution is -2.41. The molecular weight excluding hydrogens is 356 g/mol. The number of anilines is 2. The second kappa shape index (κ2) is 11.5. The van der Waals surface area contributed by atoms with Crippen molar-refractivity contribution in [2.45, 2.75) is 57.9 Å². The van der Waals surface area contributed by atoms with Crippen LogP contribution in [0.25, 0.3) is 0 Å². The number of hydrogen-bond acceptors (Lipinski definition) is 7. The third-order valence-electron chi connectivity index (χ3n) is 3.82. The Balaban J connectivity index is 2.22. The summed E-state index contributed by atoms with van der Waals surface area (Å²) >= 11 is 5.74. The van der Waals surface area contributed by atoms with Crippen LogP contribution < -0.4 is 27.8 Å². The number of hydrogen-bond donors (Lipinski definition) is 6. The standard InChI is InChI=1S/C16H29ClN8O/c1-2-7-10(18)8-5-3-4-6-9-22-16(21)25-15(26)11-13(19)24-14(20)12(17)23-11/h10H,2-9,18H2,1H3,(H4,19,20,24)(H3,21,22,25,26). The van der Waals surface area contributed by atoms with Gasteiger partial charge in [0.1, 0.15) is 0 Å². The molecule has 146 valence electrons. The van der Waals surface area contributed by atoms with Crippen molar-refractivity contribution in [1.29, 1.82) is 5.41 Å². The van der Waals surface area contributed by atoms with Gasteiger partial charge in [0.05, 0.1) is 0 Å². The van der Waals surface area contributed by atoms with Gasteiger partial charge in [-0.3, -0.25) is 15.5 Å². The highest BCUT2D eigenvalue weighted by Gasteiger charge is 2.16. The van der Waals surface area contributed by atoms with Crippen molar-refractivity contribution in [3.05, 3.63) is 10.8 Å². The Morgan fingerprint density at radius 1 is 1.15 bits per heavy atom. The van der Waals surface area contributed by atoms with Gasteiger partial charge in [-0.1, -0.05) is 44.2 Å². The highest BCUT2D eigenvalue weighted by molar-refractivity contribution is 6.31. The molecule has 0 radical (unpaired) electrons. The molecule has 0 aromatic carbocycles. The summed E-state index contributed by atoms with van der Waals surface area (Å²) in [6.07, 6.45) is 7.42. The molecule has 0 fully saturated rings. The van der Waals surface area contributed by atoms with Crippen LogP contribution in [-0.2, 0) is 0 Å². The van der Waals surface area contributed by atoms with Gasteiger partial charge in [-0.15, -0.1) is 0 Å². The molecular formula is C16H29ClN8O. The van der Waals surface area contributed by atoms with Crippen molar-refractivity contribution in [3.8, 4) is 0 Å². The second-order valence-electron chi connectivity index (χ2n) is 6.14. The van der Waals surface area contributed by atoms with Gasteiger partial charge in [0.2, 0.25) is 0 Å². The smallest absolute Gasteiger partial charge is 0.280 e. The molecule has 0 saturated heterocycles. The van der Waals surface area contributed by atoms with Crippen LogP contribution in [0.1, 0.15) is 62.4 Å². The van der Waals surface area contributed by atoms with Crippen LogP contribution in [0.15, 0.2) is 0 Å². The Morgan fingerprint density at radius 2 is 1.85 bits per heavy atom. The Labute approximate surface area is 159 Å². The van der Waals surface area contributed by atoms with Crippen molar-refractivity contribution >= 4 is 35.1 Å². The van der Waals surface area contributed by atoms with Crippen molar-refractivity contribution < 1.29 is 4.79 Å². The zero-order valence-electron chi connectivity index (χ0n) is 15.1. The number of carbonyl (C=O) groups is 1. The maximum Gasteiger partial charge on any atom is 0.280 e. The number of nitrogens with zero attached hydrogens (tertiary/aromatic N) is 2. The molecule has 1 aromatic rings. The van der Waals surface area contributed by atoms with Crippen LogP contribution in [0.3, 0.4) is 0 Å². The summed E-state index contributed by atoms with van der Waals surface area (Å²) in [6.45, 7) is 2.73. The quantitative estimate of drug-likeness (QED) is 0.202. The number of nitrogens with two attached hydrogens (primary N) is 3. The molecule has 1 rings (SSSR count). The number of aromatic nitrogens is 2. The summed E-state index contributed by atoms with van der Waals surface area (Å²) in [5.74, 6) is -0.989. The van der Waals surface area contributed by atoms with Crippen LogP contribution >= 0.6 is 11.6 Å². The van der Waals surface area contributed by atoms with Gasteiger partial charge >= 0.3 is 0 Å². The largest absolute Gasteiger partial charge is 0.382 e. The molecule has 0 saturated carbocycles. The Bertz CT molecular complexity index is 610. The van der Waals surface area contributed by atoms with Gasteiger partial charge in [0.15, 0.2) is 28.4 Å². The van der Waals surface area contributed by atoms with E-state index in [2.05, 4.69) is 27.5 Å². The number of halogens is 1. The van der Waals surface area contributed by atoms with E-state index < -0.39 is 5.91 Å². The summed E-state index contributed by atoms with van der Waals surface area (Å²) in [5, 5.41) is 12.8. The fraction of sp³-hybridized carbons (Fsp3) is 0.625. The van der Waals surface area contributed by atoms with Crippen molar-refractivity contribution in [2.75, 3.05) is 18.0 Å². The average molecular weight is 385 g/mol. The van der Waals surface area contributed by atoms with E-state index in [-0.39, 0.29) is 28.4 Å². The van der Waals surface area contributed by atoms with Crippen LogP contribution in [0, 0.1) is 5.41 Å². The lowest BCUT2D eigenvalue weighted by atomic mass is 10.0. The molecule has 0 aliphatic carbocycles. The SMILES string of the molecule is CCCC(N)CCCCCCNC(=N)NC(=O)c1nc(Cl)c(N)nc1N. The predicted octanol–water partition coefficient (Wildman–Crippen LogP) is 1.63. The molecule has 1 aromatic heterocycles. The molecule has 0 bridgehead atoms. The van der Waals surface area contributed by atoms with Gasteiger partial charge < -0.3 is 22.5 Å². The van der Waals surface area contributed by atoms with E-state index in [4.69, 9.17) is 34.2 Å². The number of unbranched alkanes of at least 4 members (excludes halogenated alkanes) is 3. The van der Waals surface area contributed by atoms with Gasteiger partial charge in [-0.05, 0) is 19.3 Å². The van der Waals surface area contributed by atoms with E-state index in [1.54, 1.807) is 0 Å². The average Bonchev–Trinajstić information content (AvgIpc) is 2.57. The van der Waals surface area contributed by atoms with E-state index in [0.29, 0.717) is 12.6 Å². The summed E-state index contributed by atoms with van der Waals surface area (Å²) in [6, 6.07) is 0.305. The van der Waals surface area contributed by atoms with Gasteiger partial charge in [0.25, 0.3) is 5.91 Å². The van der Waals surface area contributed by atoms with E-state index in [1.807, 2.05) is 0 Å². The number of carbonyl (C=O) groups excluding carboxylic acids is 1. The van der Waals surface area contributed by atoms with E-state index in [9.17, 15) is 4.79 Å². The van der Waals surface area contributed by atoms with E-state index in [1.165, 1.54) is 0 Å². The first-order chi connectivity index (χ1) is 12.3. The number of rotatable bonds is 10. The molecule has 1 amide bonds. The summed E-state index contributed by atoms with van der Waals surface area (Å²) in [7, 11) is 0. The summed E-state index contributed by atoms with van der Waals surface area (Å²) < 4.78 is 0. The first kappa shape index (κ1) is 21.9. The maximum absolute atomic E-state index is 12.0. The topological polar surface area (TPSA) is 169 Å². The van der Waals surface area contributed by atoms with Crippen LogP contribution in [0.2, 0.25) is 5.15 Å². The highest BCUT2D eigenvalue weighted by Crippen LogP contribution is 2.17. The first-order valence-electron chi connectivity index (χ1n) is 8.83. The Morgan fingerprint density at radius 3 is 2.54 bits per heavy atom. The first-order valence-corrected chi connectivity index (χ1v) is 9.20. The number of nitrogens with one attached hydrogen (secondary N) is 3. The molecule has 0 aliphatic heterocycles. The zero-order chi connectivity index (χ0) is 19.5. The number of nitrogen functional groups attached to an aromatic ring is 2. The van der Waals surface area contributed by atoms with E-state index in [0.717, 1.165) is 44.9 Å². The molecule has 26 heavy (non-hydrogen) atoms. The zero-order valence-corrected chi connectivity index (χ0v) is 15.9. The molecule has 1 heterocycles. The molecule has 0 aliphatic rings. The van der Waals surface area contributed by atoms with Crippen LogP contribution in [0.4, 0.5) is 11.6 Å². The lowest BCUT2D eigenvalue weighted by Gasteiger charge is -2.11. The van der Waals surface area contributed by atoms with Crippen LogP contribution in [-0.4, -0.2) is 34.4 Å². The fourth-order valence-corrected chi connectivity index (χ4v) is 2.57. The van der Waals surface area contributed by atoms with Crippen molar-refractivity contribution in [3.63, 3.8) is 0 Å². The molecule has 0 spiro atoms. The Kier molecular flexibility index (Phi) is 9.67. The highest BCUT2D eigenvalue weighted by atomic mass is 35.5. The minimum atomic E-state index is -0.667. The third kappa shape index (κ3) is 7.83. The van der Waals surface area contributed by atoms with Gasteiger partial charge in [-0.2, -0.15) is 0 Å². The molecule has 1 atom stereocenters. The minimum Gasteiger partial charge on any atom is -0.382 e. The monoisotopic (exact) mass is 384 g/mol. The predicted molar refractivity (Wildman–Crippen MR) is 105 cm³/mol. The van der Waals surface area contributed by atoms with Crippen LogP contribution in [0.5, 0.6) is 0 Å². The molecule has 1 unspecified atom stereocenters. The minimum absolute atomic E-state index is 0.0513. The fourth-order valence-electron chi connectivity index (χ4n) is 2.44. The number of amides is 1. The normalized spacial score (nSPS) is 11.8. The number of guanidine groups is 1. The lowest BCUT2D eigenvalue weighted by molar-refractivity contribution is 0.0971. The molecule has 9 nitrogen and oxygen atoms in total. The Hall–Kier alpha value is -2.13.